The lowest BCUT2D eigenvalue weighted by atomic mass is 10.2. The Morgan fingerprint density at radius 3 is 2.61 bits per heavy atom. The maximum absolute atomic E-state index is 13.1. The third-order valence-electron chi connectivity index (χ3n) is 4.04. The highest BCUT2D eigenvalue weighted by Crippen LogP contribution is 2.42. The van der Waals surface area contributed by atoms with E-state index in [2.05, 4.69) is 16.0 Å². The standard InChI is InChI=1S/C18H18ClF3N4OS/c1-11(2)26-14(8-16(24-26)18(20,21)22)15-9-23-17(28(15)3)25(27)10-12-6-4-5-7-13(12)19/h4-9,11,27H,3,10H2,1-2H3. The van der Waals surface area contributed by atoms with Crippen molar-refractivity contribution in [3.8, 4) is 0 Å². The lowest BCUT2D eigenvalue weighted by molar-refractivity contribution is -0.141. The van der Waals surface area contributed by atoms with Gasteiger partial charge in [-0.15, -0.1) is 0 Å². The van der Waals surface area contributed by atoms with Gasteiger partial charge in [0.25, 0.3) is 0 Å². The van der Waals surface area contributed by atoms with Crippen molar-refractivity contribution < 1.29 is 18.4 Å². The van der Waals surface area contributed by atoms with Crippen LogP contribution in [0.15, 0.2) is 41.5 Å². The Morgan fingerprint density at radius 2 is 2.00 bits per heavy atom. The van der Waals surface area contributed by atoms with E-state index < -0.39 is 22.4 Å². The van der Waals surface area contributed by atoms with Crippen molar-refractivity contribution in [3.05, 3.63) is 58.5 Å². The van der Waals surface area contributed by atoms with Crippen LogP contribution in [-0.2, 0) is 12.7 Å². The minimum absolute atomic E-state index is 0.0793. The molecule has 1 unspecified atom stereocenters. The lowest BCUT2D eigenvalue weighted by Gasteiger charge is -2.20. The Morgan fingerprint density at radius 1 is 1.32 bits per heavy atom. The fraction of sp³-hybridized carbons (Fsp3) is 0.278. The summed E-state index contributed by atoms with van der Waals surface area (Å²) >= 11 is 6.11. The van der Waals surface area contributed by atoms with Crippen molar-refractivity contribution in [2.45, 2.75) is 32.6 Å². The number of benzene rings is 1. The molecular weight excluding hydrogens is 413 g/mol. The average molecular weight is 431 g/mol. The molecule has 1 N–H and O–H groups in total. The highest BCUT2D eigenvalue weighted by molar-refractivity contribution is 8.34. The third kappa shape index (κ3) is 4.01. The first-order valence-electron chi connectivity index (χ1n) is 8.28. The summed E-state index contributed by atoms with van der Waals surface area (Å²) in [6, 6.07) is 7.73. The topological polar surface area (TPSA) is 53.7 Å². The first-order valence-corrected chi connectivity index (χ1v) is 10.1. The Bertz CT molecular complexity index is 981. The molecule has 1 aliphatic heterocycles. The largest absolute Gasteiger partial charge is 0.435 e. The zero-order valence-corrected chi connectivity index (χ0v) is 16.7. The highest BCUT2D eigenvalue weighted by atomic mass is 35.5. The van der Waals surface area contributed by atoms with Crippen molar-refractivity contribution in [3.63, 3.8) is 0 Å². The molecule has 1 aromatic carbocycles. The minimum Gasteiger partial charge on any atom is -0.286 e. The van der Waals surface area contributed by atoms with Crippen molar-refractivity contribution in [2.75, 3.05) is 0 Å². The molecule has 28 heavy (non-hydrogen) atoms. The second-order valence-electron chi connectivity index (χ2n) is 6.40. The fourth-order valence-electron chi connectivity index (χ4n) is 2.69. The van der Waals surface area contributed by atoms with Crippen molar-refractivity contribution in [2.24, 2.45) is 4.99 Å². The van der Waals surface area contributed by atoms with Gasteiger partial charge in [-0.25, -0.2) is 10.1 Å². The van der Waals surface area contributed by atoms with Gasteiger partial charge >= 0.3 is 6.18 Å². The third-order valence-corrected chi connectivity index (χ3v) is 6.02. The fourth-order valence-corrected chi connectivity index (χ4v) is 4.17. The molecule has 150 valence electrons. The number of rotatable bonds is 4. The second-order valence-corrected chi connectivity index (χ2v) is 8.39. The molecule has 0 saturated carbocycles. The minimum atomic E-state index is -4.55. The molecule has 1 atom stereocenters. The molecule has 2 aromatic rings. The highest BCUT2D eigenvalue weighted by Gasteiger charge is 2.36. The van der Waals surface area contributed by atoms with Crippen LogP contribution in [-0.4, -0.2) is 31.1 Å². The molecule has 0 bridgehead atoms. The quantitative estimate of drug-likeness (QED) is 0.522. The Hall–Kier alpha value is -2.10. The van der Waals surface area contributed by atoms with Gasteiger partial charge in [-0.3, -0.25) is 9.89 Å². The van der Waals surface area contributed by atoms with Crippen molar-refractivity contribution in [1.82, 2.24) is 14.8 Å². The molecule has 2 heterocycles. The number of hydrogen-bond donors (Lipinski definition) is 1. The van der Waals surface area contributed by atoms with E-state index in [4.69, 9.17) is 11.6 Å². The van der Waals surface area contributed by atoms with Gasteiger partial charge in [0.1, 0.15) is 0 Å². The van der Waals surface area contributed by atoms with Crippen LogP contribution in [0.5, 0.6) is 0 Å². The Kier molecular flexibility index (Phi) is 5.69. The van der Waals surface area contributed by atoms with Gasteiger partial charge < -0.3 is 0 Å². The number of amidine groups is 1. The average Bonchev–Trinajstić information content (AvgIpc) is 3.20. The SMILES string of the molecule is C=S1C(c2cc(C(F)(F)F)nn2C(C)C)=CN=C1N(O)Cc1ccccc1Cl. The van der Waals surface area contributed by atoms with Crippen LogP contribution >= 0.6 is 22.1 Å². The van der Waals surface area contributed by atoms with Crippen LogP contribution in [0, 0.1) is 0 Å². The summed E-state index contributed by atoms with van der Waals surface area (Å²) in [5, 5.41) is 15.8. The molecule has 0 spiro atoms. The second kappa shape index (κ2) is 7.73. The predicted molar refractivity (Wildman–Crippen MR) is 107 cm³/mol. The molecule has 0 radical (unpaired) electrons. The Labute approximate surface area is 167 Å². The number of hydroxylamine groups is 2. The van der Waals surface area contributed by atoms with Crippen LogP contribution in [0.3, 0.4) is 0 Å². The van der Waals surface area contributed by atoms with Gasteiger partial charge in [0, 0.05) is 17.3 Å². The van der Waals surface area contributed by atoms with E-state index in [9.17, 15) is 18.4 Å². The van der Waals surface area contributed by atoms with Gasteiger partial charge in [0.2, 0.25) is 0 Å². The molecule has 0 saturated heterocycles. The number of hydrogen-bond acceptors (Lipinski definition) is 4. The van der Waals surface area contributed by atoms with Crippen LogP contribution < -0.4 is 0 Å². The van der Waals surface area contributed by atoms with E-state index in [1.807, 2.05) is 0 Å². The lowest BCUT2D eigenvalue weighted by Crippen LogP contribution is -2.24. The summed E-state index contributed by atoms with van der Waals surface area (Å²) in [6.45, 7) is 3.56. The molecule has 5 nitrogen and oxygen atoms in total. The van der Waals surface area contributed by atoms with E-state index >= 15 is 0 Å². The maximum Gasteiger partial charge on any atom is 0.435 e. The molecule has 1 aliphatic rings. The van der Waals surface area contributed by atoms with Crippen molar-refractivity contribution >= 4 is 38.0 Å². The normalized spacial score (nSPS) is 17.1. The van der Waals surface area contributed by atoms with Gasteiger partial charge in [-0.1, -0.05) is 46.2 Å². The first-order chi connectivity index (χ1) is 13.1. The van der Waals surface area contributed by atoms with Crippen LogP contribution in [0.2, 0.25) is 5.02 Å². The first kappa shape index (κ1) is 20.6. The van der Waals surface area contributed by atoms with E-state index in [1.54, 1.807) is 38.1 Å². The van der Waals surface area contributed by atoms with E-state index in [0.717, 1.165) is 11.1 Å². The molecule has 1 aromatic heterocycles. The zero-order valence-electron chi connectivity index (χ0n) is 15.1. The van der Waals surface area contributed by atoms with Gasteiger partial charge in [-0.2, -0.15) is 18.3 Å². The molecule has 0 amide bonds. The van der Waals surface area contributed by atoms with E-state index in [-0.39, 0.29) is 23.4 Å². The number of halogens is 4. The van der Waals surface area contributed by atoms with E-state index in [0.29, 0.717) is 15.5 Å². The summed E-state index contributed by atoms with van der Waals surface area (Å²) < 4.78 is 40.6. The van der Waals surface area contributed by atoms with E-state index in [1.165, 1.54) is 10.9 Å². The molecular formula is C18H18ClF3N4OS. The summed E-state index contributed by atoms with van der Waals surface area (Å²) in [5.74, 6) is 4.01. The predicted octanol–water partition coefficient (Wildman–Crippen LogP) is 5.40. The molecule has 0 fully saturated rings. The van der Waals surface area contributed by atoms with Crippen LogP contribution in [0.1, 0.15) is 36.8 Å². The molecule has 3 rings (SSSR count). The smallest absolute Gasteiger partial charge is 0.286 e. The van der Waals surface area contributed by atoms with Crippen molar-refractivity contribution in [1.29, 1.82) is 0 Å². The van der Waals surface area contributed by atoms with Gasteiger partial charge in [-0.05, 0) is 31.5 Å². The van der Waals surface area contributed by atoms with Crippen LogP contribution in [0.25, 0.3) is 4.91 Å². The summed E-state index contributed by atoms with van der Waals surface area (Å²) in [4.78, 5) is 4.66. The maximum atomic E-state index is 13.1. The summed E-state index contributed by atoms with van der Waals surface area (Å²) in [6.07, 6.45) is -3.12. The van der Waals surface area contributed by atoms with Crippen LogP contribution in [0.4, 0.5) is 13.2 Å². The summed E-state index contributed by atoms with van der Waals surface area (Å²) in [5.41, 5.74) is -0.00331. The van der Waals surface area contributed by atoms with Gasteiger partial charge in [0.05, 0.1) is 17.1 Å². The number of aromatic nitrogens is 2. The number of aliphatic imine (C=N–C) groups is 1. The van der Waals surface area contributed by atoms with Gasteiger partial charge in [0.15, 0.2) is 10.9 Å². The zero-order chi connectivity index (χ0) is 20.6. The monoisotopic (exact) mass is 430 g/mol. The Balaban J connectivity index is 1.85. The molecule has 0 aliphatic carbocycles. The summed E-state index contributed by atoms with van der Waals surface area (Å²) in [7, 11) is -0.984. The number of nitrogens with zero attached hydrogens (tertiary/aromatic N) is 4. The number of alkyl halides is 3. The molecule has 10 heteroatoms.